The van der Waals surface area contributed by atoms with Gasteiger partial charge in [-0.3, -0.25) is 4.79 Å². The zero-order valence-electron chi connectivity index (χ0n) is 20.3. The molecule has 1 amide bonds. The van der Waals surface area contributed by atoms with Crippen LogP contribution in [0.1, 0.15) is 103 Å². The Labute approximate surface area is 200 Å². The van der Waals surface area contributed by atoms with E-state index in [0.717, 1.165) is 34.1 Å². The molecule has 1 aromatic rings. The van der Waals surface area contributed by atoms with Crippen LogP contribution in [-0.4, -0.2) is 23.4 Å². The van der Waals surface area contributed by atoms with E-state index in [4.69, 9.17) is 0 Å². The van der Waals surface area contributed by atoms with Crippen molar-refractivity contribution in [3.63, 3.8) is 0 Å². The van der Waals surface area contributed by atoms with Crippen LogP contribution in [-0.2, 0) is 4.79 Å². The number of nitrogens with zero attached hydrogens (tertiary/aromatic N) is 1. The summed E-state index contributed by atoms with van der Waals surface area (Å²) in [4.78, 5) is 18.1. The van der Waals surface area contributed by atoms with Crippen molar-refractivity contribution in [2.45, 2.75) is 114 Å². The van der Waals surface area contributed by atoms with Gasteiger partial charge < -0.3 is 5.32 Å². The van der Waals surface area contributed by atoms with Gasteiger partial charge >= 0.3 is 0 Å². The zero-order chi connectivity index (χ0) is 22.7. The Morgan fingerprint density at radius 2 is 1.48 bits per heavy atom. The Balaban J connectivity index is 2.08. The van der Waals surface area contributed by atoms with Crippen molar-refractivity contribution in [2.75, 3.05) is 17.8 Å². The molecule has 0 unspecified atom stereocenters. The number of amides is 1. The second kappa shape index (κ2) is 18.6. The van der Waals surface area contributed by atoms with Gasteiger partial charge in [0, 0.05) is 17.0 Å². The average Bonchev–Trinajstić information content (AvgIpc) is 2.77. The van der Waals surface area contributed by atoms with E-state index < -0.39 is 0 Å². The lowest BCUT2D eigenvalue weighted by Gasteiger charge is -2.14. The quantitative estimate of drug-likeness (QED) is 0.134. The topological polar surface area (TPSA) is 42.0 Å². The van der Waals surface area contributed by atoms with E-state index in [1.165, 1.54) is 70.6 Å². The lowest BCUT2D eigenvalue weighted by atomic mass is 10.1. The lowest BCUT2D eigenvalue weighted by molar-refractivity contribution is -0.116. The van der Waals surface area contributed by atoms with Crippen LogP contribution in [0, 0.1) is 6.92 Å². The molecule has 1 heterocycles. The SMILES string of the molecule is CCCCCCCC/C=C\CCCCCCCC(=O)Nc1c(SC)cc(C)nc1SC. The Hall–Kier alpha value is -0.940. The van der Waals surface area contributed by atoms with Crippen molar-refractivity contribution in [1.82, 2.24) is 4.98 Å². The highest BCUT2D eigenvalue weighted by Crippen LogP contribution is 2.33. The number of rotatable bonds is 18. The van der Waals surface area contributed by atoms with Crippen molar-refractivity contribution in [3.8, 4) is 0 Å². The summed E-state index contributed by atoms with van der Waals surface area (Å²) in [5.74, 6) is 0.105. The zero-order valence-corrected chi connectivity index (χ0v) is 21.9. The standard InChI is InChI=1S/C26H44N2OS2/c1-5-6-7-8-9-10-11-12-13-14-15-16-17-18-19-20-24(29)28-25-23(30-3)21-22(2)27-26(25)31-4/h12-13,21H,5-11,14-20H2,1-4H3,(H,28,29)/b13-12-. The number of anilines is 1. The molecular weight excluding hydrogens is 420 g/mol. The highest BCUT2D eigenvalue weighted by Gasteiger charge is 2.13. The van der Waals surface area contributed by atoms with E-state index in [1.807, 2.05) is 25.5 Å². The van der Waals surface area contributed by atoms with Crippen molar-refractivity contribution < 1.29 is 4.79 Å². The van der Waals surface area contributed by atoms with E-state index in [0.29, 0.717) is 6.42 Å². The Kier molecular flexibility index (Phi) is 16.9. The number of hydrogen-bond acceptors (Lipinski definition) is 4. The van der Waals surface area contributed by atoms with Crippen LogP contribution in [0.4, 0.5) is 5.69 Å². The minimum absolute atomic E-state index is 0.105. The maximum absolute atomic E-state index is 12.4. The highest BCUT2D eigenvalue weighted by molar-refractivity contribution is 7.99. The number of nitrogens with one attached hydrogen (secondary N) is 1. The summed E-state index contributed by atoms with van der Waals surface area (Å²) < 4.78 is 0. The molecule has 0 aliphatic carbocycles. The molecule has 0 radical (unpaired) electrons. The first-order valence-electron chi connectivity index (χ1n) is 12.2. The van der Waals surface area contributed by atoms with Crippen LogP contribution in [0.15, 0.2) is 28.1 Å². The Morgan fingerprint density at radius 1 is 0.903 bits per heavy atom. The van der Waals surface area contributed by atoms with Gasteiger partial charge in [-0.05, 0) is 57.6 Å². The monoisotopic (exact) mass is 464 g/mol. The maximum atomic E-state index is 12.4. The van der Waals surface area contributed by atoms with Gasteiger partial charge in [-0.15, -0.1) is 23.5 Å². The molecule has 5 heteroatoms. The number of hydrogen-bond donors (Lipinski definition) is 1. The first-order chi connectivity index (χ1) is 15.1. The maximum Gasteiger partial charge on any atom is 0.224 e. The number of aromatic nitrogens is 1. The van der Waals surface area contributed by atoms with Gasteiger partial charge in [-0.25, -0.2) is 4.98 Å². The van der Waals surface area contributed by atoms with Crippen LogP contribution >= 0.6 is 23.5 Å². The van der Waals surface area contributed by atoms with Crippen molar-refractivity contribution in [1.29, 1.82) is 0 Å². The van der Waals surface area contributed by atoms with E-state index in [-0.39, 0.29) is 5.91 Å². The molecule has 0 aliphatic rings. The third kappa shape index (κ3) is 13.3. The summed E-state index contributed by atoms with van der Waals surface area (Å²) in [6.07, 6.45) is 25.9. The van der Waals surface area contributed by atoms with Crippen LogP contribution in [0.5, 0.6) is 0 Å². The normalized spacial score (nSPS) is 11.4. The molecule has 0 atom stereocenters. The number of pyridine rings is 1. The van der Waals surface area contributed by atoms with E-state index in [1.54, 1.807) is 23.5 Å². The fourth-order valence-electron chi connectivity index (χ4n) is 3.60. The molecule has 0 spiro atoms. The molecule has 3 nitrogen and oxygen atoms in total. The number of thioether (sulfide) groups is 2. The van der Waals surface area contributed by atoms with Crippen LogP contribution in [0.25, 0.3) is 0 Å². The van der Waals surface area contributed by atoms with Gasteiger partial charge in [0.25, 0.3) is 0 Å². The van der Waals surface area contributed by atoms with E-state index >= 15 is 0 Å². The van der Waals surface area contributed by atoms with Gasteiger partial charge in [-0.2, -0.15) is 0 Å². The van der Waals surface area contributed by atoms with Gasteiger partial charge in [0.1, 0.15) is 5.03 Å². The first-order valence-corrected chi connectivity index (χ1v) is 14.6. The average molecular weight is 465 g/mol. The Morgan fingerprint density at radius 3 is 2.06 bits per heavy atom. The molecule has 176 valence electrons. The fraction of sp³-hybridized carbons (Fsp3) is 0.692. The van der Waals surface area contributed by atoms with Crippen molar-refractivity contribution in [3.05, 3.63) is 23.9 Å². The number of aryl methyl sites for hydroxylation is 1. The van der Waals surface area contributed by atoms with Gasteiger partial charge in [0.05, 0.1) is 5.69 Å². The van der Waals surface area contributed by atoms with E-state index in [2.05, 4.69) is 29.4 Å². The largest absolute Gasteiger partial charge is 0.323 e. The molecule has 0 bridgehead atoms. The fourth-order valence-corrected chi connectivity index (χ4v) is 4.90. The lowest BCUT2D eigenvalue weighted by Crippen LogP contribution is -2.13. The van der Waals surface area contributed by atoms with Gasteiger partial charge in [0.15, 0.2) is 0 Å². The molecule has 0 saturated heterocycles. The number of carbonyl (C=O) groups excluding carboxylic acids is 1. The van der Waals surface area contributed by atoms with Crippen molar-refractivity contribution in [2.24, 2.45) is 0 Å². The number of carbonyl (C=O) groups is 1. The summed E-state index contributed by atoms with van der Waals surface area (Å²) in [6.45, 7) is 4.27. The highest BCUT2D eigenvalue weighted by atomic mass is 32.2. The minimum Gasteiger partial charge on any atom is -0.323 e. The molecule has 31 heavy (non-hydrogen) atoms. The first kappa shape index (κ1) is 28.1. The summed E-state index contributed by atoms with van der Waals surface area (Å²) in [6, 6.07) is 2.04. The number of unbranched alkanes of at least 4 members (excludes halogenated alkanes) is 11. The summed E-state index contributed by atoms with van der Waals surface area (Å²) >= 11 is 3.24. The second-order valence-corrected chi connectivity index (χ2v) is 9.88. The Bertz CT molecular complexity index is 621. The third-order valence-corrected chi connectivity index (χ3v) is 6.87. The predicted octanol–water partition coefficient (Wildman–Crippen LogP) is 8.81. The summed E-state index contributed by atoms with van der Waals surface area (Å²) in [5.41, 5.74) is 1.87. The molecule has 0 aliphatic heterocycles. The van der Waals surface area contributed by atoms with Gasteiger partial charge in [-0.1, -0.05) is 70.4 Å². The molecule has 0 saturated carbocycles. The molecule has 0 fully saturated rings. The van der Waals surface area contributed by atoms with Crippen molar-refractivity contribution >= 4 is 35.1 Å². The predicted molar refractivity (Wildman–Crippen MR) is 141 cm³/mol. The van der Waals surface area contributed by atoms with Crippen LogP contribution in [0.3, 0.4) is 0 Å². The summed E-state index contributed by atoms with van der Waals surface area (Å²) in [5, 5.41) is 4.01. The second-order valence-electron chi connectivity index (χ2n) is 8.23. The van der Waals surface area contributed by atoms with Gasteiger partial charge in [0.2, 0.25) is 5.91 Å². The molecule has 1 rings (SSSR count). The van der Waals surface area contributed by atoms with Crippen LogP contribution < -0.4 is 5.32 Å². The minimum atomic E-state index is 0.105. The molecule has 1 aromatic heterocycles. The van der Waals surface area contributed by atoms with E-state index in [9.17, 15) is 4.79 Å². The molecular formula is C26H44N2OS2. The smallest absolute Gasteiger partial charge is 0.224 e. The third-order valence-electron chi connectivity index (χ3n) is 5.42. The number of allylic oxidation sites excluding steroid dienone is 2. The molecule has 1 N–H and O–H groups in total. The van der Waals surface area contributed by atoms with Crippen LogP contribution in [0.2, 0.25) is 0 Å². The molecule has 0 aromatic carbocycles. The summed E-state index contributed by atoms with van der Waals surface area (Å²) in [7, 11) is 0.